The minimum atomic E-state index is -0.0785. The van der Waals surface area contributed by atoms with Gasteiger partial charge in [-0.25, -0.2) is 0 Å². The van der Waals surface area contributed by atoms with Crippen LogP contribution in [0.25, 0.3) is 0 Å². The van der Waals surface area contributed by atoms with Gasteiger partial charge in [0, 0.05) is 16.3 Å². The Labute approximate surface area is 148 Å². The molecular weight excluding hydrogens is 324 g/mol. The van der Waals surface area contributed by atoms with Crippen LogP contribution in [-0.4, -0.2) is 19.6 Å². The first-order valence-corrected chi connectivity index (χ1v) is 8.23. The number of anilines is 1. The predicted octanol–water partition coefficient (Wildman–Crippen LogP) is 4.25. The summed E-state index contributed by atoms with van der Waals surface area (Å²) in [4.78, 5) is 12.2. The van der Waals surface area contributed by atoms with Crippen molar-refractivity contribution in [3.8, 4) is 5.75 Å². The van der Waals surface area contributed by atoms with Gasteiger partial charge in [-0.1, -0.05) is 29.8 Å². The lowest BCUT2D eigenvalue weighted by Gasteiger charge is -2.17. The molecule has 0 fully saturated rings. The molecule has 2 aromatic carbocycles. The highest BCUT2D eigenvalue weighted by Crippen LogP contribution is 2.29. The van der Waals surface area contributed by atoms with Crippen molar-refractivity contribution in [2.75, 3.05) is 19.0 Å². The minimum absolute atomic E-state index is 0.0728. The smallest absolute Gasteiger partial charge is 0.239 e. The van der Waals surface area contributed by atoms with E-state index in [1.165, 1.54) is 0 Å². The van der Waals surface area contributed by atoms with Crippen molar-refractivity contribution < 1.29 is 9.53 Å². The van der Waals surface area contributed by atoms with Gasteiger partial charge in [-0.05, 0) is 50.1 Å². The van der Waals surface area contributed by atoms with Crippen molar-refractivity contribution in [3.63, 3.8) is 0 Å². The number of methoxy groups -OCH3 is 1. The number of halogens is 1. The lowest BCUT2D eigenvalue weighted by atomic mass is 10.1. The van der Waals surface area contributed by atoms with Gasteiger partial charge in [-0.3, -0.25) is 4.79 Å². The quantitative estimate of drug-likeness (QED) is 0.821. The topological polar surface area (TPSA) is 50.4 Å². The van der Waals surface area contributed by atoms with Crippen molar-refractivity contribution >= 4 is 23.2 Å². The number of carbonyl (C=O) groups excluding carboxylic acids is 1. The highest BCUT2D eigenvalue weighted by Gasteiger charge is 2.11. The Bertz CT molecular complexity index is 714. The molecule has 0 aliphatic rings. The van der Waals surface area contributed by atoms with Gasteiger partial charge >= 0.3 is 0 Å². The highest BCUT2D eigenvalue weighted by atomic mass is 35.5. The van der Waals surface area contributed by atoms with Gasteiger partial charge in [0.1, 0.15) is 5.75 Å². The zero-order valence-corrected chi connectivity index (χ0v) is 15.2. The normalized spacial score (nSPS) is 11.7. The predicted molar refractivity (Wildman–Crippen MR) is 99.0 cm³/mol. The summed E-state index contributed by atoms with van der Waals surface area (Å²) in [6, 6.07) is 11.3. The largest absolute Gasteiger partial charge is 0.496 e. The summed E-state index contributed by atoms with van der Waals surface area (Å²) in [5.74, 6) is 0.770. The first-order chi connectivity index (χ1) is 11.4. The second-order valence-corrected chi connectivity index (χ2v) is 6.22. The van der Waals surface area contributed by atoms with E-state index in [1.54, 1.807) is 7.11 Å². The van der Waals surface area contributed by atoms with Crippen LogP contribution in [0.3, 0.4) is 0 Å². The lowest BCUT2D eigenvalue weighted by molar-refractivity contribution is -0.120. The summed E-state index contributed by atoms with van der Waals surface area (Å²) in [6.45, 7) is 6.12. The van der Waals surface area contributed by atoms with Crippen molar-refractivity contribution in [2.24, 2.45) is 0 Å². The number of rotatable bonds is 6. The van der Waals surface area contributed by atoms with E-state index in [0.29, 0.717) is 5.02 Å². The van der Waals surface area contributed by atoms with Gasteiger partial charge in [0.15, 0.2) is 0 Å². The first kappa shape index (κ1) is 18.1. The molecule has 1 amide bonds. The van der Waals surface area contributed by atoms with Crippen LogP contribution in [0.5, 0.6) is 5.75 Å². The molecule has 2 N–H and O–H groups in total. The van der Waals surface area contributed by atoms with E-state index in [4.69, 9.17) is 16.3 Å². The number of amides is 1. The average molecular weight is 347 g/mol. The molecule has 0 aliphatic heterocycles. The van der Waals surface area contributed by atoms with Crippen LogP contribution in [0, 0.1) is 13.8 Å². The number of carbonyl (C=O) groups is 1. The number of hydrogen-bond acceptors (Lipinski definition) is 3. The fraction of sp³-hybridized carbons (Fsp3) is 0.316. The molecule has 0 heterocycles. The molecule has 0 aromatic heterocycles. The minimum Gasteiger partial charge on any atom is -0.496 e. The van der Waals surface area contributed by atoms with Crippen LogP contribution in [0.2, 0.25) is 5.02 Å². The van der Waals surface area contributed by atoms with Crippen molar-refractivity contribution in [1.82, 2.24) is 5.32 Å². The Kier molecular flexibility index (Phi) is 6.10. The molecule has 0 aliphatic carbocycles. The third-order valence-corrected chi connectivity index (χ3v) is 4.25. The Morgan fingerprint density at radius 3 is 2.46 bits per heavy atom. The van der Waals surface area contributed by atoms with E-state index in [9.17, 15) is 4.79 Å². The molecule has 0 saturated carbocycles. The van der Waals surface area contributed by atoms with Gasteiger partial charge < -0.3 is 15.4 Å². The number of hydrogen-bond donors (Lipinski definition) is 2. The van der Waals surface area contributed by atoms with Crippen LogP contribution in [0.4, 0.5) is 5.69 Å². The average Bonchev–Trinajstić information content (AvgIpc) is 2.55. The van der Waals surface area contributed by atoms with Crippen LogP contribution >= 0.6 is 11.6 Å². The Morgan fingerprint density at radius 2 is 1.83 bits per heavy atom. The van der Waals surface area contributed by atoms with Gasteiger partial charge in [0.2, 0.25) is 5.91 Å². The fourth-order valence-corrected chi connectivity index (χ4v) is 2.76. The van der Waals surface area contributed by atoms with Gasteiger partial charge in [-0.15, -0.1) is 0 Å². The molecule has 0 radical (unpaired) electrons. The van der Waals surface area contributed by atoms with Gasteiger partial charge in [0.25, 0.3) is 0 Å². The summed E-state index contributed by atoms with van der Waals surface area (Å²) >= 11 is 5.88. The summed E-state index contributed by atoms with van der Waals surface area (Å²) in [7, 11) is 1.65. The van der Waals surface area contributed by atoms with E-state index in [-0.39, 0.29) is 18.5 Å². The molecule has 1 atom stereocenters. The number of aryl methyl sites for hydroxylation is 1. The van der Waals surface area contributed by atoms with Crippen LogP contribution < -0.4 is 15.4 Å². The van der Waals surface area contributed by atoms with Crippen LogP contribution in [0.1, 0.15) is 29.7 Å². The molecule has 2 aromatic rings. The lowest BCUT2D eigenvalue weighted by Crippen LogP contribution is -2.32. The molecule has 2 rings (SSSR count). The summed E-state index contributed by atoms with van der Waals surface area (Å²) in [5, 5.41) is 6.82. The monoisotopic (exact) mass is 346 g/mol. The molecule has 0 saturated heterocycles. The fourth-order valence-electron chi connectivity index (χ4n) is 2.64. The van der Waals surface area contributed by atoms with Crippen molar-refractivity contribution in [1.29, 1.82) is 0 Å². The van der Waals surface area contributed by atoms with Crippen molar-refractivity contribution in [3.05, 3.63) is 58.1 Å². The maximum Gasteiger partial charge on any atom is 0.239 e. The molecule has 5 heteroatoms. The molecule has 0 bridgehead atoms. The van der Waals surface area contributed by atoms with E-state index >= 15 is 0 Å². The maximum atomic E-state index is 12.2. The SMILES string of the molecule is COc1c(C)ccc(NCC(=O)NC(C)c2ccc(Cl)cc2)c1C. The van der Waals surface area contributed by atoms with E-state index in [0.717, 1.165) is 28.1 Å². The van der Waals surface area contributed by atoms with Crippen LogP contribution in [0.15, 0.2) is 36.4 Å². The molecule has 1 unspecified atom stereocenters. The van der Waals surface area contributed by atoms with E-state index in [1.807, 2.05) is 57.2 Å². The van der Waals surface area contributed by atoms with Gasteiger partial charge in [-0.2, -0.15) is 0 Å². The molecule has 0 spiro atoms. The Balaban J connectivity index is 1.95. The van der Waals surface area contributed by atoms with E-state index in [2.05, 4.69) is 10.6 Å². The zero-order valence-electron chi connectivity index (χ0n) is 14.4. The Morgan fingerprint density at radius 1 is 1.17 bits per heavy atom. The summed E-state index contributed by atoms with van der Waals surface area (Å²) < 4.78 is 5.40. The highest BCUT2D eigenvalue weighted by molar-refractivity contribution is 6.30. The van der Waals surface area contributed by atoms with Gasteiger partial charge in [0.05, 0.1) is 19.7 Å². The summed E-state index contributed by atoms with van der Waals surface area (Å²) in [5.41, 5.74) is 3.98. The molecule has 24 heavy (non-hydrogen) atoms. The van der Waals surface area contributed by atoms with E-state index < -0.39 is 0 Å². The summed E-state index contributed by atoms with van der Waals surface area (Å²) in [6.07, 6.45) is 0. The number of ether oxygens (including phenoxy) is 1. The van der Waals surface area contributed by atoms with Crippen molar-refractivity contribution in [2.45, 2.75) is 26.8 Å². The van der Waals surface area contributed by atoms with Crippen LogP contribution in [-0.2, 0) is 4.79 Å². The maximum absolute atomic E-state index is 12.2. The molecular formula is C19H23ClN2O2. The molecule has 4 nitrogen and oxygen atoms in total. The second-order valence-electron chi connectivity index (χ2n) is 5.78. The number of benzene rings is 2. The third kappa shape index (κ3) is 4.42. The second kappa shape index (κ2) is 8.06. The third-order valence-electron chi connectivity index (χ3n) is 3.99. The Hall–Kier alpha value is -2.20. The number of nitrogens with one attached hydrogen (secondary N) is 2. The zero-order chi connectivity index (χ0) is 17.7. The molecule has 128 valence electrons. The first-order valence-electron chi connectivity index (χ1n) is 7.85. The standard InChI is InChI=1S/C19H23ClN2O2/c1-12-5-10-17(13(2)19(12)24-4)21-11-18(23)22-14(3)15-6-8-16(20)9-7-15/h5-10,14,21H,11H2,1-4H3,(H,22,23).